The maximum Gasteiger partial charge on any atom is 0.177 e. The molecule has 0 bridgehead atoms. The summed E-state index contributed by atoms with van der Waals surface area (Å²) >= 11 is 5.11. The molecule has 0 radical (unpaired) electrons. The van der Waals surface area contributed by atoms with Gasteiger partial charge < -0.3 is 9.55 Å². The first-order chi connectivity index (χ1) is 5.11. The van der Waals surface area contributed by atoms with Gasteiger partial charge in [0.1, 0.15) is 0 Å². The third-order valence-electron chi connectivity index (χ3n) is 2.47. The Balaban J connectivity index is 2.34. The van der Waals surface area contributed by atoms with Crippen molar-refractivity contribution < 1.29 is 0 Å². The second kappa shape index (κ2) is 1.97. The van der Waals surface area contributed by atoms with Crippen molar-refractivity contribution in [3.8, 4) is 0 Å². The van der Waals surface area contributed by atoms with E-state index in [2.05, 4.69) is 23.4 Å². The number of nitrogens with one attached hydrogen (secondary N) is 1. The van der Waals surface area contributed by atoms with Gasteiger partial charge in [-0.05, 0) is 24.1 Å². The Morgan fingerprint density at radius 3 is 2.73 bits per heavy atom. The van der Waals surface area contributed by atoms with E-state index in [0.29, 0.717) is 11.5 Å². The summed E-state index contributed by atoms with van der Waals surface area (Å²) in [5.74, 6) is 0. The van der Waals surface area contributed by atoms with Gasteiger partial charge in [-0.1, -0.05) is 13.8 Å². The van der Waals surface area contributed by atoms with Crippen molar-refractivity contribution in [1.29, 1.82) is 0 Å². The Labute approximate surface area is 71.2 Å². The zero-order valence-corrected chi connectivity index (χ0v) is 7.61. The molecule has 2 rings (SSSR count). The molecule has 0 amide bonds. The van der Waals surface area contributed by atoms with Gasteiger partial charge in [-0.15, -0.1) is 0 Å². The Kier molecular flexibility index (Phi) is 1.27. The first-order valence-electron chi connectivity index (χ1n) is 3.87. The lowest BCUT2D eigenvalue weighted by atomic mass is 10.2. The number of hydrogen-bond acceptors (Lipinski definition) is 1. The lowest BCUT2D eigenvalue weighted by Gasteiger charge is -2.02. The van der Waals surface area contributed by atoms with Gasteiger partial charge in [0.25, 0.3) is 0 Å². The number of aromatic nitrogens is 2. The number of hydrogen-bond donors (Lipinski definition) is 1. The second-order valence-corrected chi connectivity index (χ2v) is 4.27. The molecule has 1 atom stereocenters. The van der Waals surface area contributed by atoms with Crippen molar-refractivity contribution in [2.24, 2.45) is 5.41 Å². The summed E-state index contributed by atoms with van der Waals surface area (Å²) in [6.07, 6.45) is 5.18. The molecule has 0 aliphatic heterocycles. The molecule has 1 aromatic rings. The minimum absolute atomic E-state index is 0.459. The van der Waals surface area contributed by atoms with Crippen LogP contribution in [-0.4, -0.2) is 9.55 Å². The Morgan fingerprint density at radius 2 is 2.36 bits per heavy atom. The first kappa shape index (κ1) is 7.10. The molecule has 1 N–H and O–H groups in total. The fourth-order valence-electron chi connectivity index (χ4n) is 1.49. The molecule has 1 aromatic heterocycles. The van der Waals surface area contributed by atoms with Crippen LogP contribution in [0.2, 0.25) is 0 Å². The Bertz CT molecular complexity index is 321. The summed E-state index contributed by atoms with van der Waals surface area (Å²) in [6, 6.07) is 0.626. The van der Waals surface area contributed by atoms with Gasteiger partial charge in [0.2, 0.25) is 0 Å². The molecule has 0 saturated heterocycles. The first-order valence-corrected chi connectivity index (χ1v) is 4.27. The van der Waals surface area contributed by atoms with Gasteiger partial charge >= 0.3 is 0 Å². The fraction of sp³-hybridized carbons (Fsp3) is 0.625. The molecule has 60 valence electrons. The van der Waals surface area contributed by atoms with E-state index in [0.717, 1.165) is 4.77 Å². The fourth-order valence-corrected chi connectivity index (χ4v) is 1.75. The molecule has 1 aliphatic carbocycles. The number of aromatic amines is 1. The highest BCUT2D eigenvalue weighted by molar-refractivity contribution is 7.71. The summed E-state index contributed by atoms with van der Waals surface area (Å²) < 4.78 is 3.00. The quantitative estimate of drug-likeness (QED) is 0.639. The zero-order chi connectivity index (χ0) is 8.06. The number of rotatable bonds is 1. The molecule has 1 saturated carbocycles. The van der Waals surface area contributed by atoms with Crippen molar-refractivity contribution in [2.45, 2.75) is 26.3 Å². The van der Waals surface area contributed by atoms with E-state index < -0.39 is 0 Å². The van der Waals surface area contributed by atoms with Gasteiger partial charge in [0, 0.05) is 18.4 Å². The van der Waals surface area contributed by atoms with Crippen LogP contribution in [0.1, 0.15) is 26.3 Å². The smallest absolute Gasteiger partial charge is 0.177 e. The summed E-state index contributed by atoms with van der Waals surface area (Å²) in [5.41, 5.74) is 0.459. The molecule has 0 spiro atoms. The van der Waals surface area contributed by atoms with Crippen LogP contribution < -0.4 is 0 Å². The zero-order valence-electron chi connectivity index (χ0n) is 6.79. The van der Waals surface area contributed by atoms with Crippen LogP contribution in [-0.2, 0) is 0 Å². The van der Waals surface area contributed by atoms with Crippen LogP contribution in [0.25, 0.3) is 0 Å². The monoisotopic (exact) mass is 168 g/mol. The highest BCUT2D eigenvalue weighted by Gasteiger charge is 2.47. The van der Waals surface area contributed by atoms with Crippen molar-refractivity contribution >= 4 is 12.2 Å². The summed E-state index contributed by atoms with van der Waals surface area (Å²) in [5, 5.41) is 0. The minimum Gasteiger partial charge on any atom is -0.337 e. The van der Waals surface area contributed by atoms with Crippen LogP contribution in [0.15, 0.2) is 12.4 Å². The summed E-state index contributed by atoms with van der Waals surface area (Å²) in [7, 11) is 0. The number of nitrogens with zero attached hydrogens (tertiary/aromatic N) is 1. The molecule has 1 fully saturated rings. The van der Waals surface area contributed by atoms with Gasteiger partial charge in [-0.3, -0.25) is 0 Å². The van der Waals surface area contributed by atoms with E-state index in [9.17, 15) is 0 Å². The lowest BCUT2D eigenvalue weighted by molar-refractivity contribution is 0.537. The third kappa shape index (κ3) is 1.03. The lowest BCUT2D eigenvalue weighted by Crippen LogP contribution is -1.98. The Morgan fingerprint density at radius 1 is 1.73 bits per heavy atom. The molecular formula is C8H12N2S. The molecule has 1 aliphatic rings. The average molecular weight is 168 g/mol. The average Bonchev–Trinajstić information content (AvgIpc) is 2.38. The maximum absolute atomic E-state index is 5.11. The van der Waals surface area contributed by atoms with Crippen molar-refractivity contribution in [3.05, 3.63) is 17.2 Å². The van der Waals surface area contributed by atoms with Crippen LogP contribution in [0.3, 0.4) is 0 Å². The standard InChI is InChI=1S/C8H12N2S/c1-8(2)5-6(8)10-4-3-9-7(10)11/h3-4,6H,5H2,1-2H3,(H,9,11). The minimum atomic E-state index is 0.459. The normalized spacial score (nSPS) is 26.9. The predicted octanol–water partition coefficient (Wildman–Crippen LogP) is 2.52. The van der Waals surface area contributed by atoms with Gasteiger partial charge in [0.15, 0.2) is 4.77 Å². The van der Waals surface area contributed by atoms with Crippen molar-refractivity contribution in [3.63, 3.8) is 0 Å². The molecule has 11 heavy (non-hydrogen) atoms. The van der Waals surface area contributed by atoms with Crippen molar-refractivity contribution in [2.75, 3.05) is 0 Å². The van der Waals surface area contributed by atoms with E-state index in [1.54, 1.807) is 0 Å². The third-order valence-corrected chi connectivity index (χ3v) is 2.80. The summed E-state index contributed by atoms with van der Waals surface area (Å²) in [4.78, 5) is 3.01. The van der Waals surface area contributed by atoms with Gasteiger partial charge in [0.05, 0.1) is 0 Å². The SMILES string of the molecule is CC1(C)CC1n1cc[nH]c1=S. The molecule has 1 unspecified atom stereocenters. The van der Waals surface area contributed by atoms with Gasteiger partial charge in [-0.2, -0.15) is 0 Å². The van der Waals surface area contributed by atoms with E-state index in [1.807, 2.05) is 12.4 Å². The number of H-pyrrole nitrogens is 1. The molecule has 1 heterocycles. The largest absolute Gasteiger partial charge is 0.337 e. The van der Waals surface area contributed by atoms with E-state index in [1.165, 1.54) is 6.42 Å². The summed E-state index contributed by atoms with van der Waals surface area (Å²) in [6.45, 7) is 4.54. The van der Waals surface area contributed by atoms with E-state index >= 15 is 0 Å². The van der Waals surface area contributed by atoms with Gasteiger partial charge in [-0.25, -0.2) is 0 Å². The van der Waals surface area contributed by atoms with Crippen LogP contribution in [0.5, 0.6) is 0 Å². The van der Waals surface area contributed by atoms with E-state index in [-0.39, 0.29) is 0 Å². The highest BCUT2D eigenvalue weighted by atomic mass is 32.1. The van der Waals surface area contributed by atoms with Crippen molar-refractivity contribution in [1.82, 2.24) is 9.55 Å². The number of imidazole rings is 1. The topological polar surface area (TPSA) is 20.7 Å². The van der Waals surface area contributed by atoms with Crippen LogP contribution >= 0.6 is 12.2 Å². The molecule has 2 nitrogen and oxygen atoms in total. The molecular weight excluding hydrogens is 156 g/mol. The van der Waals surface area contributed by atoms with Crippen LogP contribution in [0, 0.1) is 10.2 Å². The van der Waals surface area contributed by atoms with Crippen LogP contribution in [0.4, 0.5) is 0 Å². The second-order valence-electron chi connectivity index (χ2n) is 3.88. The predicted molar refractivity (Wildman–Crippen MR) is 47.1 cm³/mol. The molecule has 0 aromatic carbocycles. The maximum atomic E-state index is 5.11. The molecule has 3 heteroatoms. The Hall–Kier alpha value is -0.570. The highest BCUT2D eigenvalue weighted by Crippen LogP contribution is 2.55. The van der Waals surface area contributed by atoms with E-state index in [4.69, 9.17) is 12.2 Å².